The van der Waals surface area contributed by atoms with Gasteiger partial charge in [-0.25, -0.2) is 0 Å². The Morgan fingerprint density at radius 2 is 0.906 bits per heavy atom. The minimum Gasteiger partial charge on any atom is -0.390 e. The van der Waals surface area contributed by atoms with Crippen LogP contribution in [-0.2, 0) is 70.5 Å². The van der Waals surface area contributed by atoms with Gasteiger partial charge in [0.2, 0.25) is 53.2 Å². The number of rotatable bonds is 19. The molecule has 0 spiro atoms. The Labute approximate surface area is 575 Å². The third-order valence-electron chi connectivity index (χ3n) is 19.5. The normalized spacial score (nSPS) is 26.0. The average molecular weight is 1350 g/mol. The first-order valence-corrected chi connectivity index (χ1v) is 35.2. The molecule has 1 aromatic rings. The van der Waals surface area contributed by atoms with Crippen LogP contribution in [0.15, 0.2) is 24.3 Å². The molecule has 0 aliphatic carbocycles. The van der Waals surface area contributed by atoms with Gasteiger partial charge in [0.15, 0.2) is 11.6 Å². The van der Waals surface area contributed by atoms with Crippen LogP contribution in [0.25, 0.3) is 0 Å². The number of aryl methyl sites for hydroxylation is 1. The van der Waals surface area contributed by atoms with Gasteiger partial charge in [-0.2, -0.15) is 0 Å². The number of ketones is 3. The molecule has 1 saturated heterocycles. The largest absolute Gasteiger partial charge is 0.390 e. The predicted octanol–water partition coefficient (Wildman–Crippen LogP) is 7.62. The minimum atomic E-state index is -1.65. The lowest BCUT2D eigenvalue weighted by atomic mass is 9.84. The molecule has 9 amide bonds. The zero-order valence-electron chi connectivity index (χ0n) is 63.2. The number of likely N-dealkylation sites (N-methyl/N-ethyl adjacent to an activating group) is 7. The molecule has 0 saturated carbocycles. The van der Waals surface area contributed by atoms with E-state index >= 15 is 19.2 Å². The van der Waals surface area contributed by atoms with Crippen molar-refractivity contribution in [3.8, 4) is 0 Å². The number of hydrogen-bond donors (Lipinski definition) is 3. The smallest absolute Gasteiger partial charge is 0.246 e. The molecule has 544 valence electrons. The van der Waals surface area contributed by atoms with Crippen molar-refractivity contribution >= 4 is 70.5 Å². The van der Waals surface area contributed by atoms with E-state index in [1.54, 1.807) is 41.5 Å². The Hall–Kier alpha value is -6.58. The third kappa shape index (κ3) is 24.2. The van der Waals surface area contributed by atoms with Gasteiger partial charge in [-0.3, -0.25) is 57.5 Å². The Bertz CT molecular complexity index is 2800. The molecule has 0 unspecified atom stereocenters. The Morgan fingerprint density at radius 3 is 1.36 bits per heavy atom. The molecule has 1 heterocycles. The van der Waals surface area contributed by atoms with E-state index in [4.69, 9.17) is 0 Å². The number of benzene rings is 1. The highest BCUT2D eigenvalue weighted by Gasteiger charge is 2.46. The lowest BCUT2D eigenvalue weighted by Crippen LogP contribution is -2.63. The molecule has 0 radical (unpaired) electrons. The second-order valence-electron chi connectivity index (χ2n) is 30.3. The lowest BCUT2D eigenvalue weighted by molar-refractivity contribution is -0.157. The number of hydrogen-bond acceptors (Lipinski definition) is 13. The van der Waals surface area contributed by atoms with Crippen LogP contribution in [0.3, 0.4) is 0 Å². The van der Waals surface area contributed by atoms with Crippen molar-refractivity contribution in [1.29, 1.82) is 0 Å². The van der Waals surface area contributed by atoms with E-state index in [9.17, 15) is 43.5 Å². The fraction of sp³-hybridized carbons (Fsp3) is 0.757. The molecular weight excluding hydrogens is 1220 g/mol. The van der Waals surface area contributed by atoms with Crippen LogP contribution in [0.4, 0.5) is 0 Å². The molecule has 0 bridgehead atoms. The second kappa shape index (κ2) is 39.1. The quantitative estimate of drug-likeness (QED) is 0.120. The van der Waals surface area contributed by atoms with Crippen LogP contribution in [0.5, 0.6) is 0 Å². The monoisotopic (exact) mass is 1350 g/mol. The summed E-state index contributed by atoms with van der Waals surface area (Å²) < 4.78 is 0. The first-order chi connectivity index (χ1) is 44.4. The zero-order valence-corrected chi connectivity index (χ0v) is 63.2. The molecule has 0 aromatic heterocycles. The van der Waals surface area contributed by atoms with Gasteiger partial charge in [-0.1, -0.05) is 135 Å². The number of nitrogens with zero attached hydrogens (tertiary/aromatic N) is 7. The minimum absolute atomic E-state index is 0.00986. The van der Waals surface area contributed by atoms with Crippen LogP contribution in [-0.4, -0.2) is 214 Å². The number of Topliss-reactive ketones (excluding diaryl/α,β-unsaturated/α-hetero) is 3. The van der Waals surface area contributed by atoms with E-state index in [1.165, 1.54) is 92.6 Å². The Kier molecular flexibility index (Phi) is 34.8. The Balaban J connectivity index is 3.00. The highest BCUT2D eigenvalue weighted by Crippen LogP contribution is 2.30. The Morgan fingerprint density at radius 1 is 0.490 bits per heavy atom. The summed E-state index contributed by atoms with van der Waals surface area (Å²) in [4.78, 5) is 184. The summed E-state index contributed by atoms with van der Waals surface area (Å²) in [6.07, 6.45) is 0.0565. The molecule has 1 aromatic carbocycles. The molecule has 1 aliphatic heterocycles. The van der Waals surface area contributed by atoms with Gasteiger partial charge in [-0.15, -0.1) is 0 Å². The van der Waals surface area contributed by atoms with Gasteiger partial charge in [-0.05, 0) is 111 Å². The molecule has 1 fully saturated rings. The van der Waals surface area contributed by atoms with Gasteiger partial charge < -0.3 is 50.0 Å². The molecule has 13 atom stereocenters. The maximum absolute atomic E-state index is 15.5. The number of amides is 9. The third-order valence-corrected chi connectivity index (χ3v) is 19.5. The number of aliphatic hydroxyl groups is 1. The van der Waals surface area contributed by atoms with Crippen molar-refractivity contribution in [3.05, 3.63) is 35.4 Å². The van der Waals surface area contributed by atoms with Crippen molar-refractivity contribution < 1.29 is 62.6 Å². The summed E-state index contributed by atoms with van der Waals surface area (Å²) in [6, 6.07) is -1.92. The van der Waals surface area contributed by atoms with Gasteiger partial charge in [0, 0.05) is 99.8 Å². The van der Waals surface area contributed by atoms with E-state index in [0.29, 0.717) is 25.8 Å². The van der Waals surface area contributed by atoms with Gasteiger partial charge in [0.1, 0.15) is 42.0 Å². The predicted molar refractivity (Wildman–Crippen MR) is 374 cm³/mol. The fourth-order valence-electron chi connectivity index (χ4n) is 13.0. The topological polar surface area (TPSA) is 272 Å². The van der Waals surface area contributed by atoms with Crippen LogP contribution in [0, 0.1) is 59.2 Å². The first kappa shape index (κ1) is 85.5. The van der Waals surface area contributed by atoms with E-state index < -0.39 is 143 Å². The molecule has 2 rings (SSSR count). The summed E-state index contributed by atoms with van der Waals surface area (Å²) in [5.41, 5.74) is 1.92. The van der Waals surface area contributed by atoms with Crippen molar-refractivity contribution in [2.75, 3.05) is 49.3 Å². The molecule has 22 nitrogen and oxygen atoms in total. The summed E-state index contributed by atoms with van der Waals surface area (Å²) in [5, 5.41) is 18.2. The number of aliphatic hydroxyl groups excluding tert-OH is 1. The maximum Gasteiger partial charge on any atom is 0.246 e. The van der Waals surface area contributed by atoms with Crippen LogP contribution in [0.2, 0.25) is 0 Å². The van der Waals surface area contributed by atoms with Gasteiger partial charge >= 0.3 is 0 Å². The van der Waals surface area contributed by atoms with E-state index in [1.807, 2.05) is 93.5 Å². The first-order valence-electron chi connectivity index (χ1n) is 35.2. The molecule has 96 heavy (non-hydrogen) atoms. The number of nitrogens with one attached hydrogen (secondary N) is 2. The summed E-state index contributed by atoms with van der Waals surface area (Å²) in [5.74, 6) is -11.1. The molecule has 3 N–H and O–H groups in total. The van der Waals surface area contributed by atoms with Crippen LogP contribution < -0.4 is 10.6 Å². The second-order valence-corrected chi connectivity index (χ2v) is 30.3. The van der Waals surface area contributed by atoms with Crippen LogP contribution in [0.1, 0.15) is 200 Å². The summed E-state index contributed by atoms with van der Waals surface area (Å²) in [7, 11) is 10.2. The summed E-state index contributed by atoms with van der Waals surface area (Å²) in [6.45, 7) is 32.3. The fourth-order valence-corrected chi connectivity index (χ4v) is 13.0. The van der Waals surface area contributed by atoms with Gasteiger partial charge in [0.25, 0.3) is 0 Å². The maximum atomic E-state index is 15.5. The van der Waals surface area contributed by atoms with Crippen LogP contribution >= 0.6 is 0 Å². The number of carbonyl (C=O) groups is 12. The standard InChI is InChI=1S/C74H125N9O13/c1-26-56-71(93)77(19)51(17)69(91)78(20)58(35-43(4)5)63(87)40-55(46(10)11)70(92)79(21)57(34-42(2)3)62(86)38-49(15)61(85)39-50(16)68(90)80(22)59(36-44(6)7)72(94)81(23)60(37-45(8)9)73(95)82(24)64(47(12)13)74(96)83(25)65(67(89)76-56)66(88)48(14)28-27-29-53-30-32-54(33-31-53)41-75-52(18)84/h30-33,42-51,55-60,64-66,88H,26-29,34-41H2,1-25H3,(H,75,84)(H,76,89)/t48-,49-,50+,51-,55+,56+,57+,58+,59+,60+,64+,65+,66-/m1/s1. The molecular formula is C74H125N9O13. The molecule has 22 heteroatoms. The highest BCUT2D eigenvalue weighted by molar-refractivity contribution is 6.00. The van der Waals surface area contributed by atoms with Crippen molar-refractivity contribution in [3.63, 3.8) is 0 Å². The van der Waals surface area contributed by atoms with E-state index in [-0.39, 0.29) is 92.5 Å². The van der Waals surface area contributed by atoms with Gasteiger partial charge in [0.05, 0.1) is 18.2 Å². The zero-order chi connectivity index (χ0) is 73.8. The van der Waals surface area contributed by atoms with Crippen molar-refractivity contribution in [2.45, 2.75) is 256 Å². The van der Waals surface area contributed by atoms with E-state index in [2.05, 4.69) is 10.6 Å². The average Bonchev–Trinajstić information content (AvgIpc) is 0.810. The van der Waals surface area contributed by atoms with E-state index in [0.717, 1.165) is 16.0 Å². The number of carbonyl (C=O) groups excluding carboxylic acids is 12. The van der Waals surface area contributed by atoms with Crippen molar-refractivity contribution in [2.24, 2.45) is 59.2 Å². The summed E-state index contributed by atoms with van der Waals surface area (Å²) >= 11 is 0. The molecule has 1 aliphatic rings. The van der Waals surface area contributed by atoms with Crippen molar-refractivity contribution in [1.82, 2.24) is 44.9 Å². The lowest BCUT2D eigenvalue weighted by Gasteiger charge is -2.41. The SMILES string of the molecule is CC[C@@H]1NC(=O)[C@H]([C@H](O)[C@H](C)CCCc2ccc(CNC(C)=O)cc2)N(C)C(=O)[C@H](C(C)C)N(C)C(=O)[C@H](CC(C)C)N(C)C(=O)[C@H](CC(C)C)N(C)C(=O)[C@@H](C)CC(=O)[C@H](C)CC(=O)[C@H](CC(C)C)N(C)C(=O)[C@H](C(C)C)CC(=O)[C@H](CC(C)C)N(C)C(=O)[C@@H](C)N(C)C1=O. The highest BCUT2D eigenvalue weighted by atomic mass is 16.3.